The van der Waals surface area contributed by atoms with Crippen LogP contribution < -0.4 is 15.2 Å². The predicted octanol–water partition coefficient (Wildman–Crippen LogP) is 1.94. The number of carbonyl (C=O) groups excluding carboxylic acids is 1. The molecule has 4 nitrogen and oxygen atoms in total. The molecule has 4 heteroatoms. The number of hydrogen-bond donors (Lipinski definition) is 1. The molecule has 1 aromatic rings. The molecule has 0 heterocycles. The third-order valence-corrected chi connectivity index (χ3v) is 3.10. The van der Waals surface area contributed by atoms with Crippen molar-refractivity contribution in [3.63, 3.8) is 0 Å². The standard InChI is InChI=1S/C14H19NO3/c1-3-17-12-7-9-5-6-11(15)14(16)10(9)8-13(12)18-4-2/h7-8,11H,3-6,15H2,1-2H3. The first-order valence-electron chi connectivity index (χ1n) is 6.39. The number of Topliss-reactive ketones (excluding diaryl/α,β-unsaturated/α-hetero) is 1. The van der Waals surface area contributed by atoms with Gasteiger partial charge in [-0.3, -0.25) is 4.79 Å². The first-order chi connectivity index (χ1) is 8.67. The fourth-order valence-electron chi connectivity index (χ4n) is 2.22. The highest BCUT2D eigenvalue weighted by Crippen LogP contribution is 2.34. The van der Waals surface area contributed by atoms with Crippen molar-refractivity contribution >= 4 is 5.78 Å². The largest absolute Gasteiger partial charge is 0.490 e. The summed E-state index contributed by atoms with van der Waals surface area (Å²) in [6, 6.07) is 3.30. The number of nitrogens with two attached hydrogens (primary N) is 1. The zero-order chi connectivity index (χ0) is 13.1. The molecule has 1 aliphatic rings. The Hall–Kier alpha value is -1.55. The molecule has 0 saturated heterocycles. The normalized spacial score (nSPS) is 18.4. The molecule has 0 aliphatic heterocycles. The third kappa shape index (κ3) is 2.34. The smallest absolute Gasteiger partial charge is 0.179 e. The van der Waals surface area contributed by atoms with E-state index in [1.165, 1.54) is 0 Å². The summed E-state index contributed by atoms with van der Waals surface area (Å²) in [5.41, 5.74) is 7.48. The van der Waals surface area contributed by atoms with Gasteiger partial charge in [-0.05, 0) is 44.4 Å². The van der Waals surface area contributed by atoms with Gasteiger partial charge in [0, 0.05) is 5.56 Å². The molecule has 1 aliphatic carbocycles. The fourth-order valence-corrected chi connectivity index (χ4v) is 2.22. The zero-order valence-corrected chi connectivity index (χ0v) is 10.9. The average Bonchev–Trinajstić information content (AvgIpc) is 2.36. The van der Waals surface area contributed by atoms with Crippen LogP contribution in [-0.4, -0.2) is 25.0 Å². The van der Waals surface area contributed by atoms with E-state index in [2.05, 4.69) is 0 Å². The minimum absolute atomic E-state index is 0.000233. The number of ketones is 1. The van der Waals surface area contributed by atoms with Crippen molar-refractivity contribution in [2.45, 2.75) is 32.7 Å². The van der Waals surface area contributed by atoms with Crippen LogP contribution in [-0.2, 0) is 6.42 Å². The van der Waals surface area contributed by atoms with Gasteiger partial charge in [0.2, 0.25) is 0 Å². The molecule has 0 fully saturated rings. The number of aryl methyl sites for hydroxylation is 1. The van der Waals surface area contributed by atoms with Gasteiger partial charge in [0.1, 0.15) is 0 Å². The molecule has 0 radical (unpaired) electrons. The minimum Gasteiger partial charge on any atom is -0.490 e. The lowest BCUT2D eigenvalue weighted by Crippen LogP contribution is -2.35. The maximum Gasteiger partial charge on any atom is 0.179 e. The van der Waals surface area contributed by atoms with Crippen LogP contribution in [0.15, 0.2) is 12.1 Å². The molecule has 0 spiro atoms. The van der Waals surface area contributed by atoms with Crippen molar-refractivity contribution in [3.8, 4) is 11.5 Å². The van der Waals surface area contributed by atoms with E-state index in [0.717, 1.165) is 12.0 Å². The van der Waals surface area contributed by atoms with E-state index >= 15 is 0 Å². The van der Waals surface area contributed by atoms with Crippen LogP contribution in [0.5, 0.6) is 11.5 Å². The maximum absolute atomic E-state index is 12.0. The Bertz CT molecular complexity index is 457. The summed E-state index contributed by atoms with van der Waals surface area (Å²) in [4.78, 5) is 12.0. The molecule has 18 heavy (non-hydrogen) atoms. The number of carbonyl (C=O) groups is 1. The Morgan fingerprint density at radius 2 is 1.83 bits per heavy atom. The van der Waals surface area contributed by atoms with Crippen LogP contribution in [0.2, 0.25) is 0 Å². The second-order valence-electron chi connectivity index (χ2n) is 4.33. The molecule has 2 rings (SSSR count). The molecule has 98 valence electrons. The van der Waals surface area contributed by atoms with E-state index in [4.69, 9.17) is 15.2 Å². The number of hydrogen-bond acceptors (Lipinski definition) is 4. The van der Waals surface area contributed by atoms with Gasteiger partial charge in [0.25, 0.3) is 0 Å². The summed E-state index contributed by atoms with van der Waals surface area (Å²) in [5.74, 6) is 1.34. The van der Waals surface area contributed by atoms with Gasteiger partial charge in [-0.2, -0.15) is 0 Å². The summed E-state index contributed by atoms with van der Waals surface area (Å²) in [5, 5.41) is 0. The Kier molecular flexibility index (Phi) is 3.87. The summed E-state index contributed by atoms with van der Waals surface area (Å²) < 4.78 is 11.1. The Labute approximate surface area is 107 Å². The maximum atomic E-state index is 12.0. The number of fused-ring (bicyclic) bond motifs is 1. The van der Waals surface area contributed by atoms with Crippen molar-refractivity contribution < 1.29 is 14.3 Å². The number of ether oxygens (including phenoxy) is 2. The van der Waals surface area contributed by atoms with E-state index in [0.29, 0.717) is 36.7 Å². The third-order valence-electron chi connectivity index (χ3n) is 3.10. The Morgan fingerprint density at radius 3 is 2.44 bits per heavy atom. The van der Waals surface area contributed by atoms with Crippen LogP contribution in [0.1, 0.15) is 36.2 Å². The number of rotatable bonds is 4. The van der Waals surface area contributed by atoms with E-state index in [9.17, 15) is 4.79 Å². The molecule has 1 atom stereocenters. The zero-order valence-electron chi connectivity index (χ0n) is 10.9. The lowest BCUT2D eigenvalue weighted by Gasteiger charge is -2.22. The van der Waals surface area contributed by atoms with Crippen molar-refractivity contribution in [2.24, 2.45) is 5.73 Å². The van der Waals surface area contributed by atoms with Crippen molar-refractivity contribution in [3.05, 3.63) is 23.3 Å². The van der Waals surface area contributed by atoms with Gasteiger partial charge in [0.15, 0.2) is 17.3 Å². The SMILES string of the molecule is CCOc1cc2c(cc1OCC)C(=O)C(N)CC2. The predicted molar refractivity (Wildman–Crippen MR) is 69.4 cm³/mol. The highest BCUT2D eigenvalue weighted by atomic mass is 16.5. The lowest BCUT2D eigenvalue weighted by atomic mass is 9.87. The second-order valence-corrected chi connectivity index (χ2v) is 4.33. The van der Waals surface area contributed by atoms with E-state index in [1.54, 1.807) is 6.07 Å². The Balaban J connectivity index is 2.44. The lowest BCUT2D eigenvalue weighted by molar-refractivity contribution is 0.0948. The van der Waals surface area contributed by atoms with Gasteiger partial charge in [-0.1, -0.05) is 0 Å². The first kappa shape index (κ1) is 12.9. The minimum atomic E-state index is -0.384. The van der Waals surface area contributed by atoms with E-state index in [1.807, 2.05) is 19.9 Å². The molecular weight excluding hydrogens is 230 g/mol. The van der Waals surface area contributed by atoms with Crippen LogP contribution in [0.3, 0.4) is 0 Å². The summed E-state index contributed by atoms with van der Waals surface area (Å²) in [7, 11) is 0. The van der Waals surface area contributed by atoms with Gasteiger partial charge in [-0.15, -0.1) is 0 Å². The van der Waals surface area contributed by atoms with Crippen molar-refractivity contribution in [1.82, 2.24) is 0 Å². The quantitative estimate of drug-likeness (QED) is 0.885. The number of benzene rings is 1. The summed E-state index contributed by atoms with van der Waals surface area (Å²) in [6.07, 6.45) is 1.51. The van der Waals surface area contributed by atoms with Crippen LogP contribution >= 0.6 is 0 Å². The van der Waals surface area contributed by atoms with Crippen molar-refractivity contribution in [2.75, 3.05) is 13.2 Å². The van der Waals surface area contributed by atoms with E-state index in [-0.39, 0.29) is 11.8 Å². The van der Waals surface area contributed by atoms with Gasteiger partial charge >= 0.3 is 0 Å². The molecule has 0 saturated carbocycles. The second kappa shape index (κ2) is 5.40. The molecule has 1 aromatic carbocycles. The topological polar surface area (TPSA) is 61.5 Å². The van der Waals surface area contributed by atoms with Crippen molar-refractivity contribution in [1.29, 1.82) is 0 Å². The van der Waals surface area contributed by atoms with Gasteiger partial charge in [0.05, 0.1) is 19.3 Å². The fraction of sp³-hybridized carbons (Fsp3) is 0.500. The summed E-state index contributed by atoms with van der Waals surface area (Å²) >= 11 is 0. The first-order valence-corrected chi connectivity index (χ1v) is 6.39. The molecule has 0 bridgehead atoms. The molecule has 2 N–H and O–H groups in total. The van der Waals surface area contributed by atoms with Gasteiger partial charge in [-0.25, -0.2) is 0 Å². The van der Waals surface area contributed by atoms with E-state index < -0.39 is 0 Å². The van der Waals surface area contributed by atoms with Crippen LogP contribution in [0, 0.1) is 0 Å². The highest BCUT2D eigenvalue weighted by Gasteiger charge is 2.26. The molecule has 0 aromatic heterocycles. The summed E-state index contributed by atoms with van der Waals surface area (Å²) in [6.45, 7) is 4.95. The molecular formula is C14H19NO3. The Morgan fingerprint density at radius 1 is 1.22 bits per heavy atom. The highest BCUT2D eigenvalue weighted by molar-refractivity contribution is 6.02. The van der Waals surface area contributed by atoms with Crippen LogP contribution in [0.25, 0.3) is 0 Å². The average molecular weight is 249 g/mol. The monoisotopic (exact) mass is 249 g/mol. The molecule has 0 amide bonds. The molecule has 1 unspecified atom stereocenters. The van der Waals surface area contributed by atoms with Crippen LogP contribution in [0.4, 0.5) is 0 Å². The van der Waals surface area contributed by atoms with Gasteiger partial charge < -0.3 is 15.2 Å².